The average molecular weight is 342 g/mol. The molecule has 0 radical (unpaired) electrons. The van der Waals surface area contributed by atoms with Crippen LogP contribution >= 0.6 is 23.4 Å². The fourth-order valence-electron chi connectivity index (χ4n) is 1.62. The van der Waals surface area contributed by atoms with Crippen LogP contribution in [0.25, 0.3) is 11.5 Å². The van der Waals surface area contributed by atoms with Gasteiger partial charge in [-0.15, -0.1) is 10.2 Å². The Balaban J connectivity index is 1.95. The molecule has 1 aromatic carbocycles. The molecule has 0 saturated carbocycles. The monoisotopic (exact) mass is 341 g/mol. The minimum atomic E-state index is -0.343. The van der Waals surface area contributed by atoms with Gasteiger partial charge in [0.15, 0.2) is 0 Å². The van der Waals surface area contributed by atoms with Gasteiger partial charge in [0, 0.05) is 24.2 Å². The lowest BCUT2D eigenvalue weighted by molar-refractivity contribution is -0.120. The fourth-order valence-corrected chi connectivity index (χ4v) is 2.52. The standard InChI is InChI=1S/C14H16ClN3O3S/c1-9(12(19)16-6-7-20-2)22-14-18-17-13(21-14)10-4-3-5-11(15)8-10/h3-5,8-9H,6-7H2,1-2H3,(H,16,19)/t9-/m0/s1. The topological polar surface area (TPSA) is 77.2 Å². The molecular formula is C14H16ClN3O3S. The number of amides is 1. The largest absolute Gasteiger partial charge is 0.411 e. The summed E-state index contributed by atoms with van der Waals surface area (Å²) in [5, 5.41) is 11.3. The van der Waals surface area contributed by atoms with E-state index in [4.69, 9.17) is 20.8 Å². The van der Waals surface area contributed by atoms with Crippen LogP contribution in [0.1, 0.15) is 6.92 Å². The molecule has 0 saturated heterocycles. The SMILES string of the molecule is COCCNC(=O)[C@H](C)Sc1nnc(-c2cccc(Cl)c2)o1. The van der Waals surface area contributed by atoms with Crippen LogP contribution in [-0.4, -0.2) is 41.6 Å². The predicted octanol–water partition coefficient (Wildman–Crippen LogP) is 2.63. The van der Waals surface area contributed by atoms with Crippen molar-refractivity contribution in [3.05, 3.63) is 29.3 Å². The van der Waals surface area contributed by atoms with Crippen LogP contribution in [0.5, 0.6) is 0 Å². The van der Waals surface area contributed by atoms with Crippen molar-refractivity contribution in [2.24, 2.45) is 0 Å². The molecule has 0 aliphatic rings. The zero-order valence-electron chi connectivity index (χ0n) is 12.2. The summed E-state index contributed by atoms with van der Waals surface area (Å²) in [5.41, 5.74) is 0.740. The quantitative estimate of drug-likeness (QED) is 0.616. The van der Waals surface area contributed by atoms with Crippen LogP contribution < -0.4 is 5.32 Å². The average Bonchev–Trinajstić information content (AvgIpc) is 2.96. The molecule has 1 aromatic heterocycles. The summed E-state index contributed by atoms with van der Waals surface area (Å²) in [6, 6.07) is 7.14. The van der Waals surface area contributed by atoms with Gasteiger partial charge in [0.1, 0.15) is 0 Å². The van der Waals surface area contributed by atoms with Gasteiger partial charge in [-0.1, -0.05) is 29.4 Å². The second-order valence-electron chi connectivity index (χ2n) is 4.43. The molecular weight excluding hydrogens is 326 g/mol. The van der Waals surface area contributed by atoms with Crippen LogP contribution in [0, 0.1) is 0 Å². The van der Waals surface area contributed by atoms with Crippen molar-refractivity contribution >= 4 is 29.3 Å². The zero-order valence-corrected chi connectivity index (χ0v) is 13.8. The molecule has 0 aliphatic carbocycles. The summed E-state index contributed by atoms with van der Waals surface area (Å²) < 4.78 is 10.4. The lowest BCUT2D eigenvalue weighted by atomic mass is 10.2. The second kappa shape index (κ2) is 8.17. The summed E-state index contributed by atoms with van der Waals surface area (Å²) in [6.07, 6.45) is 0. The van der Waals surface area contributed by atoms with Crippen LogP contribution in [-0.2, 0) is 9.53 Å². The van der Waals surface area contributed by atoms with E-state index in [-0.39, 0.29) is 11.2 Å². The maximum Gasteiger partial charge on any atom is 0.277 e. The minimum Gasteiger partial charge on any atom is -0.411 e. The number of hydrogen-bond acceptors (Lipinski definition) is 6. The van der Waals surface area contributed by atoms with Crippen molar-refractivity contribution in [2.45, 2.75) is 17.4 Å². The third-order valence-electron chi connectivity index (χ3n) is 2.73. The molecule has 0 spiro atoms. The highest BCUT2D eigenvalue weighted by Gasteiger charge is 2.18. The van der Waals surface area contributed by atoms with Crippen molar-refractivity contribution in [2.75, 3.05) is 20.3 Å². The van der Waals surface area contributed by atoms with Gasteiger partial charge in [0.05, 0.1) is 11.9 Å². The molecule has 8 heteroatoms. The van der Waals surface area contributed by atoms with Crippen LogP contribution in [0.3, 0.4) is 0 Å². The van der Waals surface area contributed by atoms with Gasteiger partial charge < -0.3 is 14.5 Å². The molecule has 0 bridgehead atoms. The molecule has 1 heterocycles. The first-order chi connectivity index (χ1) is 10.6. The number of hydrogen-bond donors (Lipinski definition) is 1. The molecule has 22 heavy (non-hydrogen) atoms. The highest BCUT2D eigenvalue weighted by molar-refractivity contribution is 8.00. The third-order valence-corrected chi connectivity index (χ3v) is 3.90. The van der Waals surface area contributed by atoms with Gasteiger partial charge in [0.25, 0.3) is 5.22 Å². The summed E-state index contributed by atoms with van der Waals surface area (Å²) in [7, 11) is 1.58. The highest BCUT2D eigenvalue weighted by Crippen LogP contribution is 2.27. The van der Waals surface area contributed by atoms with E-state index >= 15 is 0 Å². The van der Waals surface area contributed by atoms with Gasteiger partial charge in [-0.25, -0.2) is 0 Å². The molecule has 2 rings (SSSR count). The Hall–Kier alpha value is -1.57. The number of methoxy groups -OCH3 is 1. The predicted molar refractivity (Wildman–Crippen MR) is 84.9 cm³/mol. The zero-order chi connectivity index (χ0) is 15.9. The van der Waals surface area contributed by atoms with Gasteiger partial charge >= 0.3 is 0 Å². The number of rotatable bonds is 7. The first-order valence-electron chi connectivity index (χ1n) is 6.63. The van der Waals surface area contributed by atoms with E-state index in [9.17, 15) is 4.79 Å². The van der Waals surface area contributed by atoms with Gasteiger partial charge in [-0.3, -0.25) is 4.79 Å². The Kier molecular flexibility index (Phi) is 6.23. The van der Waals surface area contributed by atoms with E-state index in [0.717, 1.165) is 5.56 Å². The number of ether oxygens (including phenoxy) is 1. The summed E-state index contributed by atoms with van der Waals surface area (Å²) in [5.74, 6) is 0.265. The maximum atomic E-state index is 11.8. The molecule has 118 valence electrons. The van der Waals surface area contributed by atoms with Crippen LogP contribution in [0.15, 0.2) is 33.9 Å². The van der Waals surface area contributed by atoms with Crippen LogP contribution in [0.4, 0.5) is 0 Å². The smallest absolute Gasteiger partial charge is 0.277 e. The van der Waals surface area contributed by atoms with E-state index in [1.807, 2.05) is 6.07 Å². The molecule has 1 amide bonds. The molecule has 1 N–H and O–H groups in total. The summed E-state index contributed by atoms with van der Waals surface area (Å²) in [4.78, 5) is 11.8. The van der Waals surface area contributed by atoms with E-state index in [1.165, 1.54) is 11.8 Å². The summed E-state index contributed by atoms with van der Waals surface area (Å²) in [6.45, 7) is 2.72. The lowest BCUT2D eigenvalue weighted by Crippen LogP contribution is -2.33. The van der Waals surface area contributed by atoms with Gasteiger partial charge in [-0.05, 0) is 25.1 Å². The van der Waals surface area contributed by atoms with Crippen molar-refractivity contribution in [3.8, 4) is 11.5 Å². The first kappa shape index (κ1) is 16.8. The fraction of sp³-hybridized carbons (Fsp3) is 0.357. The number of thioether (sulfide) groups is 1. The molecule has 0 fully saturated rings. The minimum absolute atomic E-state index is 0.107. The Morgan fingerprint density at radius 1 is 1.50 bits per heavy atom. The third kappa shape index (κ3) is 4.72. The van der Waals surface area contributed by atoms with Gasteiger partial charge in [0.2, 0.25) is 11.8 Å². The number of aromatic nitrogens is 2. The van der Waals surface area contributed by atoms with Crippen molar-refractivity contribution in [3.63, 3.8) is 0 Å². The number of benzene rings is 1. The number of halogens is 1. The lowest BCUT2D eigenvalue weighted by Gasteiger charge is -2.08. The number of carbonyl (C=O) groups excluding carboxylic acids is 1. The number of carbonyl (C=O) groups is 1. The Morgan fingerprint density at radius 3 is 3.05 bits per heavy atom. The number of nitrogens with zero attached hydrogens (tertiary/aromatic N) is 2. The Morgan fingerprint density at radius 2 is 2.32 bits per heavy atom. The van der Waals surface area contributed by atoms with E-state index in [0.29, 0.717) is 29.3 Å². The summed E-state index contributed by atoms with van der Waals surface area (Å²) >= 11 is 7.13. The number of nitrogens with one attached hydrogen (secondary N) is 1. The highest BCUT2D eigenvalue weighted by atomic mass is 35.5. The van der Waals surface area contributed by atoms with Crippen LogP contribution in [0.2, 0.25) is 5.02 Å². The Labute approximate surface area is 137 Å². The van der Waals surface area contributed by atoms with Crippen molar-refractivity contribution in [1.82, 2.24) is 15.5 Å². The van der Waals surface area contributed by atoms with E-state index in [2.05, 4.69) is 15.5 Å². The molecule has 1 atom stereocenters. The normalized spacial score (nSPS) is 12.1. The van der Waals surface area contributed by atoms with Gasteiger partial charge in [-0.2, -0.15) is 0 Å². The van der Waals surface area contributed by atoms with E-state index < -0.39 is 0 Å². The maximum absolute atomic E-state index is 11.8. The molecule has 2 aromatic rings. The van der Waals surface area contributed by atoms with E-state index in [1.54, 1.807) is 32.2 Å². The second-order valence-corrected chi connectivity index (χ2v) is 6.16. The Bertz CT molecular complexity index is 635. The first-order valence-corrected chi connectivity index (χ1v) is 7.88. The molecule has 6 nitrogen and oxygen atoms in total. The van der Waals surface area contributed by atoms with Crippen molar-refractivity contribution in [1.29, 1.82) is 0 Å². The molecule has 0 unspecified atom stereocenters. The molecule has 0 aliphatic heterocycles. The van der Waals surface area contributed by atoms with Crippen molar-refractivity contribution < 1.29 is 13.9 Å².